The van der Waals surface area contributed by atoms with Gasteiger partial charge in [-0.3, -0.25) is 4.79 Å². The van der Waals surface area contributed by atoms with E-state index >= 15 is 0 Å². The molecule has 0 aromatic rings. The zero-order valence-electron chi connectivity index (χ0n) is 11.5. The van der Waals surface area contributed by atoms with Crippen LogP contribution in [-0.2, 0) is 19.0 Å². The fourth-order valence-corrected chi connectivity index (χ4v) is 3.16. The first-order chi connectivity index (χ1) is 9.29. The fraction of sp³-hybridized carbons (Fsp3) is 0.929. The highest BCUT2D eigenvalue weighted by molar-refractivity contribution is 5.78. The van der Waals surface area contributed by atoms with E-state index in [-0.39, 0.29) is 30.8 Å². The Hall–Kier alpha value is -0.650. The third-order valence-electron chi connectivity index (χ3n) is 4.37. The van der Waals surface area contributed by atoms with Crippen molar-refractivity contribution < 1.29 is 19.0 Å². The standard InChI is InChI=1S/C14H23NO4/c1-17-9-13(16)15-6-7-18-12-5-4-11(15)14(12)19-8-10-2-3-10/h10-12,14H,2-9H2,1H3. The number of rotatable bonds is 5. The molecule has 3 aliphatic rings. The summed E-state index contributed by atoms with van der Waals surface area (Å²) in [5.41, 5.74) is 0. The van der Waals surface area contributed by atoms with Crippen molar-refractivity contribution in [3.63, 3.8) is 0 Å². The first-order valence-electron chi connectivity index (χ1n) is 7.31. The van der Waals surface area contributed by atoms with Gasteiger partial charge in [0.15, 0.2) is 0 Å². The molecule has 2 aliphatic carbocycles. The molecule has 0 radical (unpaired) electrons. The average Bonchev–Trinajstić information content (AvgIpc) is 3.13. The molecule has 3 fully saturated rings. The molecule has 5 heteroatoms. The number of nitrogens with zero attached hydrogens (tertiary/aromatic N) is 1. The SMILES string of the molecule is COCC(=O)N1CCOC2CCC1C2OCC1CC1. The number of hydrogen-bond donors (Lipinski definition) is 0. The third-order valence-corrected chi connectivity index (χ3v) is 4.37. The highest BCUT2D eigenvalue weighted by Crippen LogP contribution is 2.35. The molecule has 1 saturated heterocycles. The van der Waals surface area contributed by atoms with Crippen molar-refractivity contribution >= 4 is 5.91 Å². The highest BCUT2D eigenvalue weighted by Gasteiger charge is 2.45. The summed E-state index contributed by atoms with van der Waals surface area (Å²) in [6.07, 6.45) is 4.78. The summed E-state index contributed by atoms with van der Waals surface area (Å²) in [6.45, 7) is 2.25. The molecule has 3 unspecified atom stereocenters. The minimum atomic E-state index is 0.0543. The summed E-state index contributed by atoms with van der Waals surface area (Å²) in [5, 5.41) is 0. The van der Waals surface area contributed by atoms with Gasteiger partial charge in [-0.2, -0.15) is 0 Å². The Morgan fingerprint density at radius 2 is 2.16 bits per heavy atom. The van der Waals surface area contributed by atoms with Crippen LogP contribution in [-0.4, -0.2) is 62.5 Å². The molecule has 19 heavy (non-hydrogen) atoms. The monoisotopic (exact) mass is 269 g/mol. The van der Waals surface area contributed by atoms with Gasteiger partial charge in [0.05, 0.1) is 18.8 Å². The summed E-state index contributed by atoms with van der Waals surface area (Å²) < 4.78 is 16.9. The highest BCUT2D eigenvalue weighted by atomic mass is 16.5. The molecular weight excluding hydrogens is 246 g/mol. The van der Waals surface area contributed by atoms with Gasteiger partial charge in [0.25, 0.3) is 0 Å². The van der Waals surface area contributed by atoms with E-state index in [4.69, 9.17) is 14.2 Å². The Morgan fingerprint density at radius 1 is 1.32 bits per heavy atom. The van der Waals surface area contributed by atoms with Crippen molar-refractivity contribution in [1.82, 2.24) is 4.90 Å². The predicted molar refractivity (Wildman–Crippen MR) is 68.8 cm³/mol. The van der Waals surface area contributed by atoms with Gasteiger partial charge in [0, 0.05) is 20.3 Å². The number of methoxy groups -OCH3 is 1. The number of carbonyl (C=O) groups excluding carboxylic acids is 1. The van der Waals surface area contributed by atoms with Crippen LogP contribution in [0.3, 0.4) is 0 Å². The topological polar surface area (TPSA) is 48.0 Å². The molecule has 1 heterocycles. The summed E-state index contributed by atoms with van der Waals surface area (Å²) in [4.78, 5) is 14.0. The zero-order valence-corrected chi connectivity index (χ0v) is 11.5. The Balaban J connectivity index is 1.66. The smallest absolute Gasteiger partial charge is 0.248 e. The van der Waals surface area contributed by atoms with Gasteiger partial charge >= 0.3 is 0 Å². The van der Waals surface area contributed by atoms with Crippen LogP contribution in [0.4, 0.5) is 0 Å². The van der Waals surface area contributed by atoms with E-state index in [1.165, 1.54) is 12.8 Å². The molecule has 0 N–H and O–H groups in total. The summed E-state index contributed by atoms with van der Waals surface area (Å²) in [5.74, 6) is 0.796. The average molecular weight is 269 g/mol. The molecule has 1 amide bonds. The van der Waals surface area contributed by atoms with Gasteiger partial charge in [-0.15, -0.1) is 0 Å². The third kappa shape index (κ3) is 2.93. The van der Waals surface area contributed by atoms with E-state index in [0.29, 0.717) is 13.2 Å². The van der Waals surface area contributed by atoms with Gasteiger partial charge in [0.1, 0.15) is 12.7 Å². The Morgan fingerprint density at radius 3 is 2.89 bits per heavy atom. The van der Waals surface area contributed by atoms with E-state index in [0.717, 1.165) is 25.4 Å². The van der Waals surface area contributed by atoms with Gasteiger partial charge < -0.3 is 19.1 Å². The first-order valence-corrected chi connectivity index (χ1v) is 7.31. The van der Waals surface area contributed by atoms with Crippen LogP contribution in [0, 0.1) is 5.92 Å². The first kappa shape index (κ1) is 13.3. The summed E-state index contributed by atoms with van der Waals surface area (Å²) in [7, 11) is 1.56. The van der Waals surface area contributed by atoms with Crippen LogP contribution in [0.5, 0.6) is 0 Å². The molecule has 108 valence electrons. The van der Waals surface area contributed by atoms with Gasteiger partial charge in [0.2, 0.25) is 5.91 Å². The van der Waals surface area contributed by atoms with Crippen LogP contribution in [0.25, 0.3) is 0 Å². The normalized spacial score (nSPS) is 34.4. The van der Waals surface area contributed by atoms with E-state index in [1.54, 1.807) is 7.11 Å². The van der Waals surface area contributed by atoms with Crippen LogP contribution in [0.1, 0.15) is 25.7 Å². The molecule has 2 saturated carbocycles. The fourth-order valence-electron chi connectivity index (χ4n) is 3.16. The molecule has 0 aromatic carbocycles. The minimum Gasteiger partial charge on any atom is -0.375 e. The Kier molecular flexibility index (Phi) is 4.05. The van der Waals surface area contributed by atoms with E-state index in [1.807, 2.05) is 4.90 Å². The van der Waals surface area contributed by atoms with Crippen molar-refractivity contribution in [2.24, 2.45) is 5.92 Å². The molecular formula is C14H23NO4. The number of fused-ring (bicyclic) bond motifs is 2. The lowest BCUT2D eigenvalue weighted by molar-refractivity contribution is -0.139. The van der Waals surface area contributed by atoms with Gasteiger partial charge in [-0.05, 0) is 31.6 Å². The summed E-state index contributed by atoms with van der Waals surface area (Å²) >= 11 is 0. The second-order valence-corrected chi connectivity index (χ2v) is 5.82. The summed E-state index contributed by atoms with van der Waals surface area (Å²) in [6, 6.07) is 0.175. The molecule has 3 rings (SSSR count). The van der Waals surface area contributed by atoms with E-state index in [9.17, 15) is 4.79 Å². The van der Waals surface area contributed by atoms with E-state index in [2.05, 4.69) is 0 Å². The molecule has 0 spiro atoms. The van der Waals surface area contributed by atoms with Gasteiger partial charge in [-0.1, -0.05) is 0 Å². The maximum Gasteiger partial charge on any atom is 0.248 e. The largest absolute Gasteiger partial charge is 0.375 e. The number of ether oxygens (including phenoxy) is 3. The Bertz CT molecular complexity index is 331. The second kappa shape index (κ2) is 5.77. The lowest BCUT2D eigenvalue weighted by Crippen LogP contribution is -2.47. The predicted octanol–water partition coefficient (Wildman–Crippen LogP) is 0.818. The molecule has 5 nitrogen and oxygen atoms in total. The lowest BCUT2D eigenvalue weighted by atomic mass is 10.1. The van der Waals surface area contributed by atoms with Crippen LogP contribution < -0.4 is 0 Å². The van der Waals surface area contributed by atoms with Crippen molar-refractivity contribution in [3.05, 3.63) is 0 Å². The maximum atomic E-state index is 12.1. The van der Waals surface area contributed by atoms with Crippen LogP contribution >= 0.6 is 0 Å². The van der Waals surface area contributed by atoms with Crippen LogP contribution in [0.2, 0.25) is 0 Å². The van der Waals surface area contributed by atoms with Crippen molar-refractivity contribution in [2.75, 3.05) is 33.5 Å². The number of hydrogen-bond acceptors (Lipinski definition) is 4. The van der Waals surface area contributed by atoms with Crippen molar-refractivity contribution in [2.45, 2.75) is 43.9 Å². The number of amides is 1. The molecule has 0 aromatic heterocycles. The van der Waals surface area contributed by atoms with Crippen molar-refractivity contribution in [1.29, 1.82) is 0 Å². The number of carbonyl (C=O) groups is 1. The maximum absolute atomic E-state index is 12.1. The van der Waals surface area contributed by atoms with Crippen LogP contribution in [0.15, 0.2) is 0 Å². The molecule has 1 aliphatic heterocycles. The quantitative estimate of drug-likeness (QED) is 0.741. The van der Waals surface area contributed by atoms with Crippen molar-refractivity contribution in [3.8, 4) is 0 Å². The second-order valence-electron chi connectivity index (χ2n) is 5.82. The minimum absolute atomic E-state index is 0.0543. The zero-order chi connectivity index (χ0) is 13.2. The molecule has 2 bridgehead atoms. The van der Waals surface area contributed by atoms with E-state index < -0.39 is 0 Å². The Labute approximate surface area is 114 Å². The molecule has 3 atom stereocenters. The lowest BCUT2D eigenvalue weighted by Gasteiger charge is -2.31. The van der Waals surface area contributed by atoms with Gasteiger partial charge in [-0.25, -0.2) is 0 Å².